The number of rotatable bonds is 1. The Bertz CT molecular complexity index is 1190. The maximum atomic E-state index is 12.5. The molecule has 1 saturated heterocycles. The maximum Gasteiger partial charge on any atom is 0.410 e. The summed E-state index contributed by atoms with van der Waals surface area (Å²) in [5, 5.41) is 2.13. The average molecular weight is 430 g/mol. The van der Waals surface area contributed by atoms with E-state index in [0.717, 1.165) is 49.5 Å². The molecule has 2 heterocycles. The minimum absolute atomic E-state index is 0.180. The number of pyridine rings is 1. The molecule has 1 fully saturated rings. The first-order chi connectivity index (χ1) is 15.3. The van der Waals surface area contributed by atoms with Crippen LogP contribution in [0.5, 0.6) is 0 Å². The van der Waals surface area contributed by atoms with E-state index in [1.165, 1.54) is 22.3 Å². The molecule has 166 valence electrons. The van der Waals surface area contributed by atoms with Crippen molar-refractivity contribution in [1.29, 1.82) is 0 Å². The van der Waals surface area contributed by atoms with Gasteiger partial charge in [-0.1, -0.05) is 36.4 Å². The first-order valence-corrected chi connectivity index (χ1v) is 11.5. The number of amides is 1. The number of hydrogen-bond acceptors (Lipinski definition) is 4. The number of hydrogen-bond donors (Lipinski definition) is 1. The van der Waals surface area contributed by atoms with Gasteiger partial charge in [-0.05, 0) is 85.6 Å². The highest BCUT2D eigenvalue weighted by Gasteiger charge is 2.42. The average Bonchev–Trinajstić information content (AvgIpc) is 3.10. The number of anilines is 1. The van der Waals surface area contributed by atoms with Crippen molar-refractivity contribution in [3.05, 3.63) is 59.8 Å². The monoisotopic (exact) mass is 429 g/mol. The van der Waals surface area contributed by atoms with Crippen LogP contribution in [0.25, 0.3) is 21.9 Å². The molecule has 5 nitrogen and oxygen atoms in total. The number of ether oxygens (including phenoxy) is 1. The number of piperidine rings is 1. The van der Waals surface area contributed by atoms with Crippen LogP contribution in [-0.2, 0) is 16.6 Å². The fourth-order valence-electron chi connectivity index (χ4n) is 5.44. The number of nitrogens with zero attached hydrogens (tertiary/aromatic N) is 2. The zero-order chi connectivity index (χ0) is 22.5. The number of carbonyl (C=O) groups is 1. The summed E-state index contributed by atoms with van der Waals surface area (Å²) in [6, 6.07) is 15.2. The number of nitrogens with two attached hydrogens (primary N) is 1. The molecule has 1 spiro atoms. The predicted molar refractivity (Wildman–Crippen MR) is 129 cm³/mol. The van der Waals surface area contributed by atoms with Gasteiger partial charge in [0.15, 0.2) is 0 Å². The van der Waals surface area contributed by atoms with Crippen molar-refractivity contribution >= 4 is 22.7 Å². The second-order valence-corrected chi connectivity index (χ2v) is 10.2. The molecule has 5 heteroatoms. The minimum atomic E-state index is -0.453. The lowest BCUT2D eigenvalue weighted by atomic mass is 9.73. The van der Waals surface area contributed by atoms with Gasteiger partial charge in [-0.15, -0.1) is 0 Å². The van der Waals surface area contributed by atoms with E-state index in [-0.39, 0.29) is 11.5 Å². The molecule has 3 aromatic rings. The van der Waals surface area contributed by atoms with E-state index in [2.05, 4.69) is 35.3 Å². The Labute approximate surface area is 189 Å². The Morgan fingerprint density at radius 3 is 2.59 bits per heavy atom. The molecule has 5 rings (SSSR count). The molecular formula is C27H31N3O2. The first kappa shape index (κ1) is 20.8. The predicted octanol–water partition coefficient (Wildman–Crippen LogP) is 5.70. The second-order valence-electron chi connectivity index (χ2n) is 10.2. The van der Waals surface area contributed by atoms with Crippen LogP contribution in [-0.4, -0.2) is 34.7 Å². The van der Waals surface area contributed by atoms with Crippen LogP contribution in [0.2, 0.25) is 0 Å². The Hall–Kier alpha value is -3.08. The number of benzene rings is 2. The summed E-state index contributed by atoms with van der Waals surface area (Å²) in [7, 11) is 0. The molecular weight excluding hydrogens is 398 g/mol. The Balaban J connectivity index is 1.40. The largest absolute Gasteiger partial charge is 0.444 e. The van der Waals surface area contributed by atoms with Crippen molar-refractivity contribution in [3.63, 3.8) is 0 Å². The summed E-state index contributed by atoms with van der Waals surface area (Å²) in [5.41, 5.74) is 11.2. The number of aromatic nitrogens is 1. The smallest absolute Gasteiger partial charge is 0.410 e. The summed E-state index contributed by atoms with van der Waals surface area (Å²) in [4.78, 5) is 18.6. The number of aryl methyl sites for hydroxylation is 1. The third-order valence-corrected chi connectivity index (χ3v) is 7.07. The van der Waals surface area contributed by atoms with Crippen LogP contribution in [0.4, 0.5) is 10.6 Å². The number of carbonyl (C=O) groups excluding carboxylic acids is 1. The third kappa shape index (κ3) is 3.60. The molecule has 1 aliphatic heterocycles. The lowest BCUT2D eigenvalue weighted by Gasteiger charge is -2.40. The van der Waals surface area contributed by atoms with Gasteiger partial charge in [0.05, 0.1) is 0 Å². The van der Waals surface area contributed by atoms with E-state index in [1.807, 2.05) is 37.8 Å². The van der Waals surface area contributed by atoms with E-state index in [1.54, 1.807) is 6.20 Å². The topological polar surface area (TPSA) is 68.5 Å². The SMILES string of the molecule is CC(C)(C)OC(=O)N1CCC2(CCc3cc(-c4cccc5c(N)nccc45)ccc32)CC1. The van der Waals surface area contributed by atoms with E-state index in [4.69, 9.17) is 10.5 Å². The van der Waals surface area contributed by atoms with Gasteiger partial charge in [-0.25, -0.2) is 9.78 Å². The molecule has 2 N–H and O–H groups in total. The van der Waals surface area contributed by atoms with Crippen molar-refractivity contribution in [1.82, 2.24) is 9.88 Å². The molecule has 0 unspecified atom stereocenters. The first-order valence-electron chi connectivity index (χ1n) is 11.5. The normalized spacial score (nSPS) is 17.5. The van der Waals surface area contributed by atoms with Gasteiger partial charge in [0, 0.05) is 24.7 Å². The summed E-state index contributed by atoms with van der Waals surface area (Å²) in [5.74, 6) is 0.571. The van der Waals surface area contributed by atoms with Gasteiger partial charge in [0.1, 0.15) is 11.4 Å². The molecule has 1 aliphatic carbocycles. The quantitative estimate of drug-likeness (QED) is 0.539. The molecule has 0 atom stereocenters. The highest BCUT2D eigenvalue weighted by molar-refractivity contribution is 6.01. The van der Waals surface area contributed by atoms with Crippen LogP contribution in [0, 0.1) is 0 Å². The van der Waals surface area contributed by atoms with Gasteiger partial charge in [-0.2, -0.15) is 0 Å². The van der Waals surface area contributed by atoms with E-state index in [0.29, 0.717) is 5.82 Å². The number of fused-ring (bicyclic) bond motifs is 3. The Morgan fingerprint density at radius 1 is 1.06 bits per heavy atom. The Kier molecular flexibility index (Phi) is 4.88. The van der Waals surface area contributed by atoms with Crippen molar-refractivity contribution in [2.75, 3.05) is 18.8 Å². The fourth-order valence-corrected chi connectivity index (χ4v) is 5.44. The van der Waals surface area contributed by atoms with Crippen molar-refractivity contribution < 1.29 is 9.53 Å². The van der Waals surface area contributed by atoms with Crippen LogP contribution < -0.4 is 5.73 Å². The lowest BCUT2D eigenvalue weighted by Crippen LogP contribution is -2.46. The zero-order valence-corrected chi connectivity index (χ0v) is 19.1. The van der Waals surface area contributed by atoms with E-state index in [9.17, 15) is 4.79 Å². The third-order valence-electron chi connectivity index (χ3n) is 7.07. The maximum absolute atomic E-state index is 12.5. The number of nitrogen functional groups attached to an aromatic ring is 1. The standard InChI is InChI=1S/C27H31N3O2/c1-26(2,3)32-25(31)30-15-12-27(13-16-30)11-9-19-17-18(7-8-23(19)27)20-5-4-6-22-21(20)10-14-29-24(22)28/h4-8,10,14,17H,9,11-13,15-16H2,1-3H3,(H2,28,29). The van der Waals surface area contributed by atoms with Crippen LogP contribution >= 0.6 is 0 Å². The zero-order valence-electron chi connectivity index (χ0n) is 19.1. The van der Waals surface area contributed by atoms with Gasteiger partial charge in [0.2, 0.25) is 0 Å². The van der Waals surface area contributed by atoms with Crippen LogP contribution in [0.15, 0.2) is 48.7 Å². The fraction of sp³-hybridized carbons (Fsp3) is 0.407. The summed E-state index contributed by atoms with van der Waals surface area (Å²) < 4.78 is 5.58. The molecule has 1 amide bonds. The van der Waals surface area contributed by atoms with Crippen LogP contribution in [0.1, 0.15) is 51.2 Å². The molecule has 32 heavy (non-hydrogen) atoms. The van der Waals surface area contributed by atoms with Crippen molar-refractivity contribution in [3.8, 4) is 11.1 Å². The van der Waals surface area contributed by atoms with E-state index >= 15 is 0 Å². The van der Waals surface area contributed by atoms with E-state index < -0.39 is 5.60 Å². The van der Waals surface area contributed by atoms with Gasteiger partial charge in [0.25, 0.3) is 0 Å². The lowest BCUT2D eigenvalue weighted by molar-refractivity contribution is 0.0164. The van der Waals surface area contributed by atoms with Crippen molar-refractivity contribution in [2.45, 2.75) is 57.5 Å². The summed E-state index contributed by atoms with van der Waals surface area (Å²) in [6.07, 6.45) is 5.82. The van der Waals surface area contributed by atoms with Gasteiger partial charge >= 0.3 is 6.09 Å². The highest BCUT2D eigenvalue weighted by atomic mass is 16.6. The Morgan fingerprint density at radius 2 is 1.84 bits per heavy atom. The molecule has 2 aromatic carbocycles. The molecule has 0 radical (unpaired) electrons. The van der Waals surface area contributed by atoms with Crippen molar-refractivity contribution in [2.24, 2.45) is 0 Å². The molecule has 0 bridgehead atoms. The van der Waals surface area contributed by atoms with Crippen LogP contribution in [0.3, 0.4) is 0 Å². The van der Waals surface area contributed by atoms with Gasteiger partial charge < -0.3 is 15.4 Å². The molecule has 1 aromatic heterocycles. The summed E-state index contributed by atoms with van der Waals surface area (Å²) >= 11 is 0. The number of likely N-dealkylation sites (tertiary alicyclic amines) is 1. The molecule has 2 aliphatic rings. The summed E-state index contributed by atoms with van der Waals surface area (Å²) in [6.45, 7) is 7.27. The molecule has 0 saturated carbocycles. The highest BCUT2D eigenvalue weighted by Crippen LogP contribution is 2.47. The minimum Gasteiger partial charge on any atom is -0.444 e. The van der Waals surface area contributed by atoms with Gasteiger partial charge in [-0.3, -0.25) is 0 Å². The second kappa shape index (κ2) is 7.51.